The number of nitrogens with zero attached hydrogens (tertiary/aromatic N) is 3. The zero-order valence-electron chi connectivity index (χ0n) is 13.0. The summed E-state index contributed by atoms with van der Waals surface area (Å²) in [7, 11) is 5.75. The third-order valence-electron chi connectivity index (χ3n) is 4.31. The summed E-state index contributed by atoms with van der Waals surface area (Å²) >= 11 is 0. The minimum Gasteiger partial charge on any atom is -0.361 e. The van der Waals surface area contributed by atoms with Crippen LogP contribution in [0.3, 0.4) is 0 Å². The third kappa shape index (κ3) is 3.11. The maximum atomic E-state index is 12.6. The summed E-state index contributed by atoms with van der Waals surface area (Å²) in [5.74, 6) is 1.02. The van der Waals surface area contributed by atoms with Gasteiger partial charge in [-0.15, -0.1) is 0 Å². The first-order chi connectivity index (χ1) is 9.43. The molecule has 4 nitrogen and oxygen atoms in total. The smallest absolute Gasteiger partial charge is 0.227 e. The molecule has 0 unspecified atom stereocenters. The number of hydrogen-bond acceptors (Lipinski definition) is 3. The Morgan fingerprint density at radius 1 is 1.30 bits per heavy atom. The highest BCUT2D eigenvalue weighted by Crippen LogP contribution is 2.41. The highest BCUT2D eigenvalue weighted by atomic mass is 16.2. The number of carbonyl (C=O) groups is 1. The van der Waals surface area contributed by atoms with E-state index in [9.17, 15) is 4.79 Å². The molecule has 0 saturated heterocycles. The Kier molecular flexibility index (Phi) is 4.31. The maximum absolute atomic E-state index is 12.6. The molecule has 0 radical (unpaired) electrons. The molecule has 0 N–H and O–H groups in total. The van der Waals surface area contributed by atoms with Crippen LogP contribution in [-0.2, 0) is 4.79 Å². The molecule has 1 aliphatic rings. The van der Waals surface area contributed by atoms with Crippen molar-refractivity contribution in [2.75, 3.05) is 30.9 Å². The monoisotopic (exact) mass is 275 g/mol. The van der Waals surface area contributed by atoms with E-state index in [1.807, 2.05) is 38.2 Å². The van der Waals surface area contributed by atoms with E-state index in [0.29, 0.717) is 6.42 Å². The number of rotatable bonds is 4. The fourth-order valence-corrected chi connectivity index (χ4v) is 3.02. The molecule has 20 heavy (non-hydrogen) atoms. The zero-order chi connectivity index (χ0) is 14.8. The Bertz CT molecular complexity index is 478. The van der Waals surface area contributed by atoms with E-state index in [1.165, 1.54) is 25.7 Å². The maximum Gasteiger partial charge on any atom is 0.227 e. The summed E-state index contributed by atoms with van der Waals surface area (Å²) in [6.07, 6.45) is 7.23. The van der Waals surface area contributed by atoms with Crippen LogP contribution in [0.25, 0.3) is 0 Å². The van der Waals surface area contributed by atoms with Gasteiger partial charge >= 0.3 is 0 Å². The summed E-state index contributed by atoms with van der Waals surface area (Å²) in [6, 6.07) is 3.83. The van der Waals surface area contributed by atoms with Crippen LogP contribution in [0.2, 0.25) is 0 Å². The Balaban J connectivity index is 2.14. The average molecular weight is 275 g/mol. The van der Waals surface area contributed by atoms with Crippen molar-refractivity contribution in [3.63, 3.8) is 0 Å². The Morgan fingerprint density at radius 2 is 1.95 bits per heavy atom. The SMILES string of the molecule is CN(C)c1ncccc1N(C)C(=O)CC1(C)CCCC1. The Hall–Kier alpha value is -1.58. The lowest BCUT2D eigenvalue weighted by atomic mass is 9.84. The lowest BCUT2D eigenvalue weighted by molar-refractivity contribution is -0.120. The summed E-state index contributed by atoms with van der Waals surface area (Å²) in [5, 5.41) is 0. The molecular formula is C16H25N3O. The predicted molar refractivity (Wildman–Crippen MR) is 83.2 cm³/mol. The summed E-state index contributed by atoms with van der Waals surface area (Å²) in [6.45, 7) is 2.24. The van der Waals surface area contributed by atoms with Gasteiger partial charge in [0.05, 0.1) is 5.69 Å². The van der Waals surface area contributed by atoms with Crippen LogP contribution in [0.5, 0.6) is 0 Å². The molecule has 0 atom stereocenters. The molecule has 1 aromatic heterocycles. The first-order valence-corrected chi connectivity index (χ1v) is 7.32. The average Bonchev–Trinajstić information content (AvgIpc) is 2.84. The molecule has 4 heteroatoms. The van der Waals surface area contributed by atoms with Crippen molar-refractivity contribution in [1.29, 1.82) is 0 Å². The van der Waals surface area contributed by atoms with Crippen molar-refractivity contribution in [2.24, 2.45) is 5.41 Å². The van der Waals surface area contributed by atoms with Crippen molar-refractivity contribution in [3.8, 4) is 0 Å². The first kappa shape index (κ1) is 14.8. The van der Waals surface area contributed by atoms with Crippen LogP contribution >= 0.6 is 0 Å². The van der Waals surface area contributed by atoms with Crippen LogP contribution < -0.4 is 9.80 Å². The molecule has 1 fully saturated rings. The first-order valence-electron chi connectivity index (χ1n) is 7.32. The minimum absolute atomic E-state index is 0.186. The molecule has 0 aliphatic heterocycles. The van der Waals surface area contributed by atoms with Crippen LogP contribution in [0.4, 0.5) is 11.5 Å². The molecule has 2 rings (SSSR count). The van der Waals surface area contributed by atoms with Gasteiger partial charge in [-0.25, -0.2) is 4.98 Å². The molecule has 0 spiro atoms. The van der Waals surface area contributed by atoms with Gasteiger partial charge in [0, 0.05) is 33.8 Å². The lowest BCUT2D eigenvalue weighted by Gasteiger charge is -2.28. The van der Waals surface area contributed by atoms with Gasteiger partial charge in [-0.2, -0.15) is 0 Å². The molecule has 0 bridgehead atoms. The summed E-state index contributed by atoms with van der Waals surface area (Å²) < 4.78 is 0. The van der Waals surface area contributed by atoms with Crippen molar-refractivity contribution < 1.29 is 4.79 Å². The van der Waals surface area contributed by atoms with E-state index >= 15 is 0 Å². The minimum atomic E-state index is 0.186. The molecule has 1 aromatic rings. The van der Waals surface area contributed by atoms with Gasteiger partial charge < -0.3 is 9.80 Å². The highest BCUT2D eigenvalue weighted by Gasteiger charge is 2.32. The van der Waals surface area contributed by atoms with Crippen molar-refractivity contribution >= 4 is 17.4 Å². The predicted octanol–water partition coefficient (Wildman–Crippen LogP) is 3.08. The third-order valence-corrected chi connectivity index (χ3v) is 4.31. The second kappa shape index (κ2) is 5.81. The largest absolute Gasteiger partial charge is 0.361 e. The van der Waals surface area contributed by atoms with Gasteiger partial charge in [0.1, 0.15) is 0 Å². The van der Waals surface area contributed by atoms with Gasteiger partial charge in [0.15, 0.2) is 5.82 Å². The van der Waals surface area contributed by atoms with E-state index in [0.717, 1.165) is 11.5 Å². The highest BCUT2D eigenvalue weighted by molar-refractivity contribution is 5.95. The quantitative estimate of drug-likeness (QED) is 0.847. The number of anilines is 2. The molecule has 1 aliphatic carbocycles. The molecule has 110 valence electrons. The number of pyridine rings is 1. The van der Waals surface area contributed by atoms with Crippen LogP contribution in [0.1, 0.15) is 39.0 Å². The van der Waals surface area contributed by atoms with Gasteiger partial charge in [-0.1, -0.05) is 19.8 Å². The van der Waals surface area contributed by atoms with Gasteiger partial charge in [-0.3, -0.25) is 4.79 Å². The topological polar surface area (TPSA) is 36.4 Å². The zero-order valence-corrected chi connectivity index (χ0v) is 13.0. The normalized spacial score (nSPS) is 17.0. The molecule has 1 heterocycles. The van der Waals surface area contributed by atoms with Gasteiger partial charge in [0.2, 0.25) is 5.91 Å². The van der Waals surface area contributed by atoms with E-state index in [1.54, 1.807) is 11.1 Å². The molecular weight excluding hydrogens is 250 g/mol. The van der Waals surface area contributed by atoms with E-state index in [-0.39, 0.29) is 11.3 Å². The Labute approximate surface area is 121 Å². The standard InChI is InChI=1S/C16H25N3O/c1-16(9-5-6-10-16)12-14(20)19(4)13-8-7-11-17-15(13)18(2)3/h7-8,11H,5-6,9-10,12H2,1-4H3. The van der Waals surface area contributed by atoms with Crippen molar-refractivity contribution in [1.82, 2.24) is 4.98 Å². The van der Waals surface area contributed by atoms with Gasteiger partial charge in [-0.05, 0) is 30.4 Å². The van der Waals surface area contributed by atoms with E-state index in [2.05, 4.69) is 11.9 Å². The van der Waals surface area contributed by atoms with Crippen LogP contribution in [0, 0.1) is 5.41 Å². The van der Waals surface area contributed by atoms with E-state index < -0.39 is 0 Å². The fraction of sp³-hybridized carbons (Fsp3) is 0.625. The van der Waals surface area contributed by atoms with Crippen molar-refractivity contribution in [2.45, 2.75) is 39.0 Å². The fourth-order valence-electron chi connectivity index (χ4n) is 3.02. The Morgan fingerprint density at radius 3 is 2.55 bits per heavy atom. The molecule has 0 aromatic carbocycles. The number of carbonyl (C=O) groups excluding carboxylic acids is 1. The summed E-state index contributed by atoms with van der Waals surface area (Å²) in [4.78, 5) is 20.6. The second-order valence-electron chi connectivity index (χ2n) is 6.39. The van der Waals surface area contributed by atoms with Crippen molar-refractivity contribution in [3.05, 3.63) is 18.3 Å². The number of aromatic nitrogens is 1. The molecule has 1 amide bonds. The van der Waals surface area contributed by atoms with Crippen LogP contribution in [0.15, 0.2) is 18.3 Å². The lowest BCUT2D eigenvalue weighted by Crippen LogP contribution is -2.32. The number of hydrogen-bond donors (Lipinski definition) is 0. The second-order valence-corrected chi connectivity index (χ2v) is 6.39. The summed E-state index contributed by atoms with van der Waals surface area (Å²) in [5.41, 5.74) is 1.07. The van der Waals surface area contributed by atoms with E-state index in [4.69, 9.17) is 0 Å². The molecule has 1 saturated carbocycles. The van der Waals surface area contributed by atoms with Crippen LogP contribution in [-0.4, -0.2) is 32.0 Å². The van der Waals surface area contributed by atoms with Gasteiger partial charge in [0.25, 0.3) is 0 Å². The number of amides is 1.